The third kappa shape index (κ3) is 4.83. The molecule has 1 atom stereocenters. The molecule has 0 bridgehead atoms. The van der Waals surface area contributed by atoms with Crippen LogP contribution in [0.25, 0.3) is 0 Å². The second-order valence-corrected chi connectivity index (χ2v) is 7.51. The van der Waals surface area contributed by atoms with E-state index < -0.39 is 0 Å². The van der Waals surface area contributed by atoms with Crippen molar-refractivity contribution in [1.82, 2.24) is 5.32 Å². The lowest BCUT2D eigenvalue weighted by Crippen LogP contribution is -2.41. The Balaban J connectivity index is 2.55. The quantitative estimate of drug-likeness (QED) is 0.816. The van der Waals surface area contributed by atoms with E-state index >= 15 is 0 Å². The normalized spacial score (nSPS) is 23.4. The molecule has 1 heterocycles. The summed E-state index contributed by atoms with van der Waals surface area (Å²) in [6.45, 7) is 14.8. The highest BCUT2D eigenvalue weighted by Gasteiger charge is 2.21. The SMILES string of the molecule is CC(C)C1CCSC(=NCC(C(C)C)C(C)C)N1. The van der Waals surface area contributed by atoms with Gasteiger partial charge in [-0.2, -0.15) is 0 Å². The van der Waals surface area contributed by atoms with Crippen molar-refractivity contribution in [2.75, 3.05) is 12.3 Å². The second kappa shape index (κ2) is 7.42. The van der Waals surface area contributed by atoms with Crippen LogP contribution >= 0.6 is 11.8 Å². The van der Waals surface area contributed by atoms with E-state index in [0.29, 0.717) is 29.7 Å². The van der Waals surface area contributed by atoms with Gasteiger partial charge in [-0.15, -0.1) is 0 Å². The number of hydrogen-bond donors (Lipinski definition) is 1. The van der Waals surface area contributed by atoms with Crippen LogP contribution in [0.15, 0.2) is 4.99 Å². The summed E-state index contributed by atoms with van der Waals surface area (Å²) in [4.78, 5) is 4.83. The van der Waals surface area contributed by atoms with E-state index in [-0.39, 0.29) is 0 Å². The molecule has 0 aromatic rings. The number of nitrogens with one attached hydrogen (secondary N) is 1. The van der Waals surface area contributed by atoms with E-state index in [0.717, 1.165) is 6.54 Å². The van der Waals surface area contributed by atoms with Crippen molar-refractivity contribution < 1.29 is 0 Å². The molecule has 3 heteroatoms. The molecule has 18 heavy (non-hydrogen) atoms. The van der Waals surface area contributed by atoms with Crippen molar-refractivity contribution in [3.63, 3.8) is 0 Å². The van der Waals surface area contributed by atoms with Crippen molar-refractivity contribution in [2.45, 2.75) is 54.0 Å². The minimum Gasteiger partial charge on any atom is -0.362 e. The molecular formula is C15H30N2S. The molecule has 0 radical (unpaired) electrons. The summed E-state index contributed by atoms with van der Waals surface area (Å²) in [5.74, 6) is 4.02. The minimum atomic E-state index is 0.613. The van der Waals surface area contributed by atoms with Crippen LogP contribution in [-0.2, 0) is 0 Å². The van der Waals surface area contributed by atoms with Gasteiger partial charge in [0.1, 0.15) is 0 Å². The predicted molar refractivity (Wildman–Crippen MR) is 84.3 cm³/mol. The third-order valence-corrected chi connectivity index (χ3v) is 4.90. The lowest BCUT2D eigenvalue weighted by atomic mass is 9.86. The molecule has 0 amide bonds. The number of amidine groups is 1. The molecule has 0 aliphatic carbocycles. The Morgan fingerprint density at radius 2 is 1.78 bits per heavy atom. The van der Waals surface area contributed by atoms with Gasteiger partial charge >= 0.3 is 0 Å². The van der Waals surface area contributed by atoms with E-state index in [1.807, 2.05) is 11.8 Å². The molecule has 1 fully saturated rings. The van der Waals surface area contributed by atoms with Crippen LogP contribution in [0, 0.1) is 23.7 Å². The fourth-order valence-electron chi connectivity index (χ4n) is 2.53. The highest BCUT2D eigenvalue weighted by atomic mass is 32.2. The Labute approximate surface area is 117 Å². The van der Waals surface area contributed by atoms with Crippen LogP contribution in [0.4, 0.5) is 0 Å². The Kier molecular flexibility index (Phi) is 6.54. The largest absolute Gasteiger partial charge is 0.362 e. The zero-order valence-corrected chi connectivity index (χ0v) is 13.7. The first-order valence-electron chi connectivity index (χ1n) is 7.35. The molecular weight excluding hydrogens is 240 g/mol. The minimum absolute atomic E-state index is 0.613. The van der Waals surface area contributed by atoms with Gasteiger partial charge in [0.15, 0.2) is 5.17 Å². The number of aliphatic imine (C=N–C) groups is 1. The van der Waals surface area contributed by atoms with Crippen molar-refractivity contribution >= 4 is 16.9 Å². The Morgan fingerprint density at radius 3 is 2.28 bits per heavy atom. The maximum Gasteiger partial charge on any atom is 0.156 e. The average molecular weight is 270 g/mol. The van der Waals surface area contributed by atoms with Gasteiger partial charge in [-0.25, -0.2) is 0 Å². The van der Waals surface area contributed by atoms with Crippen LogP contribution in [0.1, 0.15) is 48.0 Å². The number of rotatable bonds is 5. The molecule has 1 rings (SSSR count). The molecule has 0 saturated carbocycles. The van der Waals surface area contributed by atoms with E-state index in [9.17, 15) is 0 Å². The monoisotopic (exact) mass is 270 g/mol. The molecule has 1 saturated heterocycles. The van der Waals surface area contributed by atoms with Crippen LogP contribution in [-0.4, -0.2) is 23.5 Å². The van der Waals surface area contributed by atoms with Gasteiger partial charge in [-0.05, 0) is 30.1 Å². The first-order valence-corrected chi connectivity index (χ1v) is 8.34. The summed E-state index contributed by atoms with van der Waals surface area (Å²) in [5, 5.41) is 4.77. The number of nitrogens with zero attached hydrogens (tertiary/aromatic N) is 1. The smallest absolute Gasteiger partial charge is 0.156 e. The summed E-state index contributed by atoms with van der Waals surface area (Å²) >= 11 is 1.89. The van der Waals surface area contributed by atoms with Crippen LogP contribution in [0.5, 0.6) is 0 Å². The van der Waals surface area contributed by atoms with Gasteiger partial charge in [0.05, 0.1) is 0 Å². The molecule has 106 valence electrons. The van der Waals surface area contributed by atoms with E-state index in [1.54, 1.807) is 0 Å². The fraction of sp³-hybridized carbons (Fsp3) is 0.933. The van der Waals surface area contributed by atoms with Gasteiger partial charge in [0, 0.05) is 18.3 Å². The zero-order chi connectivity index (χ0) is 13.7. The molecule has 1 aliphatic heterocycles. The summed E-state index contributed by atoms with van der Waals surface area (Å²) in [6.07, 6.45) is 1.26. The van der Waals surface area contributed by atoms with E-state index in [4.69, 9.17) is 4.99 Å². The predicted octanol–water partition coefficient (Wildman–Crippen LogP) is 4.02. The van der Waals surface area contributed by atoms with E-state index in [2.05, 4.69) is 46.9 Å². The molecule has 1 N–H and O–H groups in total. The molecule has 2 nitrogen and oxygen atoms in total. The lowest BCUT2D eigenvalue weighted by Gasteiger charge is -2.29. The highest BCUT2D eigenvalue weighted by Crippen LogP contribution is 2.23. The summed E-state index contributed by atoms with van der Waals surface area (Å²) < 4.78 is 0. The summed E-state index contributed by atoms with van der Waals surface area (Å²) in [5.41, 5.74) is 0. The van der Waals surface area contributed by atoms with Gasteiger partial charge in [0.25, 0.3) is 0 Å². The Bertz CT molecular complexity index is 264. The van der Waals surface area contributed by atoms with Crippen molar-refractivity contribution in [1.29, 1.82) is 0 Å². The highest BCUT2D eigenvalue weighted by molar-refractivity contribution is 8.13. The van der Waals surface area contributed by atoms with Crippen molar-refractivity contribution in [2.24, 2.45) is 28.7 Å². The van der Waals surface area contributed by atoms with Crippen molar-refractivity contribution in [3.8, 4) is 0 Å². The van der Waals surface area contributed by atoms with Crippen LogP contribution < -0.4 is 5.32 Å². The van der Waals surface area contributed by atoms with Crippen LogP contribution in [0.3, 0.4) is 0 Å². The zero-order valence-electron chi connectivity index (χ0n) is 12.9. The molecule has 1 unspecified atom stereocenters. The average Bonchev–Trinajstić information content (AvgIpc) is 2.28. The fourth-order valence-corrected chi connectivity index (χ4v) is 3.49. The lowest BCUT2D eigenvalue weighted by molar-refractivity contribution is 0.297. The standard InChI is InChI=1S/C15H30N2S/c1-10(2)13(11(3)4)9-16-15-17-14(12(5)6)7-8-18-15/h10-14H,7-9H2,1-6H3,(H,16,17). The number of thioether (sulfide) groups is 1. The van der Waals surface area contributed by atoms with Crippen LogP contribution in [0.2, 0.25) is 0 Å². The summed E-state index contributed by atoms with van der Waals surface area (Å²) in [6, 6.07) is 0.613. The molecule has 0 spiro atoms. The Hall–Kier alpha value is -0.180. The van der Waals surface area contributed by atoms with Crippen molar-refractivity contribution in [3.05, 3.63) is 0 Å². The maximum atomic E-state index is 4.83. The first kappa shape index (κ1) is 15.9. The molecule has 0 aromatic heterocycles. The second-order valence-electron chi connectivity index (χ2n) is 6.43. The third-order valence-electron chi connectivity index (χ3n) is 3.94. The summed E-state index contributed by atoms with van der Waals surface area (Å²) in [7, 11) is 0. The Morgan fingerprint density at radius 1 is 1.17 bits per heavy atom. The molecule has 1 aliphatic rings. The van der Waals surface area contributed by atoms with Gasteiger partial charge in [0.2, 0.25) is 0 Å². The van der Waals surface area contributed by atoms with E-state index in [1.165, 1.54) is 17.3 Å². The topological polar surface area (TPSA) is 24.4 Å². The maximum absolute atomic E-state index is 4.83. The van der Waals surface area contributed by atoms with Gasteiger partial charge in [-0.3, -0.25) is 4.99 Å². The molecule has 0 aromatic carbocycles. The van der Waals surface area contributed by atoms with Gasteiger partial charge in [-0.1, -0.05) is 53.3 Å². The first-order chi connectivity index (χ1) is 8.41. The van der Waals surface area contributed by atoms with Gasteiger partial charge < -0.3 is 5.32 Å². The number of hydrogen-bond acceptors (Lipinski definition) is 2.